The molecule has 0 amide bonds. The van der Waals surface area contributed by atoms with Crippen LogP contribution in [0.25, 0.3) is 0 Å². The Labute approximate surface area is 153 Å². The smallest absolute Gasteiger partial charge is 0.270 e. The van der Waals surface area contributed by atoms with Crippen molar-refractivity contribution in [2.45, 2.75) is 43.6 Å². The number of hydrogen-bond donors (Lipinski definition) is 0. The first-order chi connectivity index (χ1) is 12.4. The van der Waals surface area contributed by atoms with Crippen LogP contribution in [0.2, 0.25) is 0 Å². The lowest BCUT2D eigenvalue weighted by molar-refractivity contribution is -0.385. The highest BCUT2D eigenvalue weighted by Gasteiger charge is 2.33. The number of hydrogen-bond acceptors (Lipinski definition) is 6. The van der Waals surface area contributed by atoms with E-state index in [4.69, 9.17) is 4.74 Å². The summed E-state index contributed by atoms with van der Waals surface area (Å²) in [5.41, 5.74) is 0.330. The summed E-state index contributed by atoms with van der Waals surface area (Å²) in [5, 5.41) is 11.2. The van der Waals surface area contributed by atoms with Crippen molar-refractivity contribution in [3.63, 3.8) is 0 Å². The van der Waals surface area contributed by atoms with Gasteiger partial charge in [-0.1, -0.05) is 0 Å². The fraction of sp³-hybridized carbons (Fsp3) is 0.647. The minimum atomic E-state index is -3.76. The van der Waals surface area contributed by atoms with Gasteiger partial charge in [-0.15, -0.1) is 0 Å². The molecular formula is C17H25N3O5S. The molecule has 1 aromatic rings. The normalized spacial score (nSPS) is 21.9. The lowest BCUT2D eigenvalue weighted by atomic mass is 10.1. The van der Waals surface area contributed by atoms with E-state index in [-0.39, 0.29) is 16.7 Å². The van der Waals surface area contributed by atoms with Gasteiger partial charge in [0.1, 0.15) is 4.90 Å². The molecule has 1 aromatic carbocycles. The summed E-state index contributed by atoms with van der Waals surface area (Å²) in [6.07, 6.45) is 3.52. The van der Waals surface area contributed by atoms with Gasteiger partial charge in [0.25, 0.3) is 5.69 Å². The van der Waals surface area contributed by atoms with Crippen molar-refractivity contribution in [3.05, 3.63) is 28.3 Å². The Kier molecular flexibility index (Phi) is 5.79. The molecule has 0 spiro atoms. The molecule has 3 rings (SSSR count). The molecule has 0 bridgehead atoms. The maximum Gasteiger partial charge on any atom is 0.270 e. The average molecular weight is 383 g/mol. The molecule has 2 aliphatic rings. The monoisotopic (exact) mass is 383 g/mol. The molecule has 144 valence electrons. The van der Waals surface area contributed by atoms with Gasteiger partial charge in [-0.3, -0.25) is 10.1 Å². The van der Waals surface area contributed by atoms with Gasteiger partial charge in [-0.2, -0.15) is 4.31 Å². The van der Waals surface area contributed by atoms with Crippen LogP contribution in [0.5, 0.6) is 0 Å². The van der Waals surface area contributed by atoms with Crippen LogP contribution in [0.15, 0.2) is 23.1 Å². The number of sulfonamides is 1. The SMILES string of the molecule is CCOC1CCCN(c2ccc([N+](=O)[O-])cc2S(=O)(=O)N2CCCC2)C1. The number of piperidine rings is 1. The van der Waals surface area contributed by atoms with E-state index >= 15 is 0 Å². The van der Waals surface area contributed by atoms with Crippen LogP contribution in [0.4, 0.5) is 11.4 Å². The molecule has 2 fully saturated rings. The van der Waals surface area contributed by atoms with E-state index in [0.717, 1.165) is 25.7 Å². The summed E-state index contributed by atoms with van der Waals surface area (Å²) in [7, 11) is -3.76. The zero-order valence-electron chi connectivity index (χ0n) is 15.0. The standard InChI is InChI=1S/C17H25N3O5S/c1-2-25-15-6-5-9-18(13-15)16-8-7-14(20(21)22)12-17(16)26(23,24)19-10-3-4-11-19/h7-8,12,15H,2-6,9-11,13H2,1H3. The molecule has 0 aliphatic carbocycles. The Morgan fingerprint density at radius 1 is 1.23 bits per heavy atom. The second kappa shape index (κ2) is 7.89. The average Bonchev–Trinajstić information content (AvgIpc) is 3.17. The number of rotatable bonds is 6. The van der Waals surface area contributed by atoms with Crippen molar-refractivity contribution >= 4 is 21.4 Å². The molecule has 2 saturated heterocycles. The summed E-state index contributed by atoms with van der Waals surface area (Å²) in [4.78, 5) is 12.7. The summed E-state index contributed by atoms with van der Waals surface area (Å²) in [6, 6.07) is 4.14. The van der Waals surface area contributed by atoms with Gasteiger partial charge < -0.3 is 9.64 Å². The van der Waals surface area contributed by atoms with Crippen LogP contribution < -0.4 is 4.90 Å². The van der Waals surface area contributed by atoms with Gasteiger partial charge in [-0.25, -0.2) is 8.42 Å². The topological polar surface area (TPSA) is 93.0 Å². The number of ether oxygens (including phenoxy) is 1. The van der Waals surface area contributed by atoms with E-state index in [1.165, 1.54) is 16.4 Å². The molecule has 0 N–H and O–H groups in total. The molecule has 0 saturated carbocycles. The Hall–Kier alpha value is -1.71. The summed E-state index contributed by atoms with van der Waals surface area (Å²) in [5.74, 6) is 0. The quantitative estimate of drug-likeness (QED) is 0.553. The predicted octanol–water partition coefficient (Wildman–Crippen LogP) is 2.38. The largest absolute Gasteiger partial charge is 0.377 e. The number of benzene rings is 1. The number of nitrogens with zero attached hydrogens (tertiary/aromatic N) is 3. The third kappa shape index (κ3) is 3.84. The fourth-order valence-corrected chi connectivity index (χ4v) is 5.43. The van der Waals surface area contributed by atoms with Crippen molar-refractivity contribution in [2.24, 2.45) is 0 Å². The second-order valence-corrected chi connectivity index (χ2v) is 8.59. The highest BCUT2D eigenvalue weighted by atomic mass is 32.2. The van der Waals surface area contributed by atoms with Crippen LogP contribution >= 0.6 is 0 Å². The first-order valence-electron chi connectivity index (χ1n) is 9.08. The van der Waals surface area contributed by atoms with Crippen molar-refractivity contribution in [2.75, 3.05) is 37.7 Å². The molecule has 0 aromatic heterocycles. The summed E-state index contributed by atoms with van der Waals surface area (Å²) in [6.45, 7) is 4.78. The van der Waals surface area contributed by atoms with Gasteiger partial charge in [0.15, 0.2) is 0 Å². The van der Waals surface area contributed by atoms with E-state index in [9.17, 15) is 18.5 Å². The Morgan fingerprint density at radius 3 is 2.62 bits per heavy atom. The predicted molar refractivity (Wildman–Crippen MR) is 98.0 cm³/mol. The van der Waals surface area contributed by atoms with Crippen LogP contribution in [0.3, 0.4) is 0 Å². The third-order valence-electron chi connectivity index (χ3n) is 4.96. The highest BCUT2D eigenvalue weighted by Crippen LogP contribution is 2.34. The van der Waals surface area contributed by atoms with E-state index < -0.39 is 14.9 Å². The van der Waals surface area contributed by atoms with E-state index in [2.05, 4.69) is 0 Å². The van der Waals surface area contributed by atoms with E-state index in [0.29, 0.717) is 38.5 Å². The number of non-ortho nitro benzene ring substituents is 1. The van der Waals surface area contributed by atoms with Crippen LogP contribution in [-0.4, -0.2) is 56.5 Å². The minimum absolute atomic E-state index is 0.0331. The van der Waals surface area contributed by atoms with Crippen molar-refractivity contribution in [1.29, 1.82) is 0 Å². The van der Waals surface area contributed by atoms with Crippen LogP contribution in [0.1, 0.15) is 32.6 Å². The number of anilines is 1. The van der Waals surface area contributed by atoms with Crippen LogP contribution in [0, 0.1) is 10.1 Å². The third-order valence-corrected chi connectivity index (χ3v) is 6.89. The molecule has 9 heteroatoms. The molecule has 0 radical (unpaired) electrons. The van der Waals surface area contributed by atoms with Gasteiger partial charge in [0.05, 0.1) is 16.7 Å². The summed E-state index contributed by atoms with van der Waals surface area (Å²) >= 11 is 0. The molecule has 26 heavy (non-hydrogen) atoms. The van der Waals surface area contributed by atoms with Gasteiger partial charge in [0, 0.05) is 44.9 Å². The first kappa shape index (κ1) is 19.1. The molecular weight excluding hydrogens is 358 g/mol. The van der Waals surface area contributed by atoms with E-state index in [1.807, 2.05) is 11.8 Å². The lowest BCUT2D eigenvalue weighted by Gasteiger charge is -2.35. The molecule has 2 heterocycles. The highest BCUT2D eigenvalue weighted by molar-refractivity contribution is 7.89. The fourth-order valence-electron chi connectivity index (χ4n) is 3.68. The van der Waals surface area contributed by atoms with Gasteiger partial charge in [0.2, 0.25) is 10.0 Å². The number of nitro groups is 1. The summed E-state index contributed by atoms with van der Waals surface area (Å²) < 4.78 is 33.4. The van der Waals surface area contributed by atoms with Gasteiger partial charge in [-0.05, 0) is 38.7 Å². The lowest BCUT2D eigenvalue weighted by Crippen LogP contribution is -2.41. The van der Waals surface area contributed by atoms with Gasteiger partial charge >= 0.3 is 0 Å². The number of nitro benzene ring substituents is 1. The minimum Gasteiger partial charge on any atom is -0.377 e. The molecule has 1 unspecified atom stereocenters. The van der Waals surface area contributed by atoms with Crippen molar-refractivity contribution in [3.8, 4) is 0 Å². The maximum atomic E-state index is 13.1. The molecule has 2 aliphatic heterocycles. The maximum absolute atomic E-state index is 13.1. The van der Waals surface area contributed by atoms with Crippen LogP contribution in [-0.2, 0) is 14.8 Å². The first-order valence-corrected chi connectivity index (χ1v) is 10.5. The Morgan fingerprint density at radius 2 is 1.96 bits per heavy atom. The Bertz CT molecular complexity index is 760. The Balaban J connectivity index is 2.00. The van der Waals surface area contributed by atoms with Crippen molar-refractivity contribution in [1.82, 2.24) is 4.31 Å². The zero-order valence-corrected chi connectivity index (χ0v) is 15.8. The second-order valence-electron chi connectivity index (χ2n) is 6.69. The molecule has 1 atom stereocenters. The molecule has 8 nitrogen and oxygen atoms in total. The van der Waals surface area contributed by atoms with Crippen molar-refractivity contribution < 1.29 is 18.1 Å². The van der Waals surface area contributed by atoms with E-state index in [1.54, 1.807) is 6.07 Å². The zero-order chi connectivity index (χ0) is 18.7.